The summed E-state index contributed by atoms with van der Waals surface area (Å²) in [5, 5.41) is 43.3. The highest BCUT2D eigenvalue weighted by Crippen LogP contribution is 2.38. The summed E-state index contributed by atoms with van der Waals surface area (Å²) in [7, 11) is 4.05. The molecule has 32 heavy (non-hydrogen) atoms. The molecule has 14 heteroatoms. The highest BCUT2D eigenvalue weighted by molar-refractivity contribution is 7.14. The number of phenols is 1. The summed E-state index contributed by atoms with van der Waals surface area (Å²) in [4.78, 5) is 43.7. The van der Waals surface area contributed by atoms with Gasteiger partial charge in [-0.25, -0.2) is 0 Å². The van der Waals surface area contributed by atoms with E-state index >= 15 is 0 Å². The molecule has 0 aliphatic heterocycles. The topological polar surface area (TPSA) is 173 Å². The summed E-state index contributed by atoms with van der Waals surface area (Å²) in [5.41, 5.74) is -3.00. The van der Waals surface area contributed by atoms with Gasteiger partial charge in [0.1, 0.15) is 0 Å². The zero-order valence-electron chi connectivity index (χ0n) is 17.8. The SMILES string of the molecule is CCC(=O)N(c1cccs1)C(C)CN(C)C.O=[N+]([O-])c1cc([N+](=O)[O-])c(O)c([N+](=O)[O-])c1. The van der Waals surface area contributed by atoms with Crippen LogP contribution in [0.25, 0.3) is 0 Å². The van der Waals surface area contributed by atoms with E-state index in [4.69, 9.17) is 5.11 Å². The van der Waals surface area contributed by atoms with Crippen molar-refractivity contribution in [2.45, 2.75) is 26.3 Å². The molecule has 1 amide bonds. The molecule has 0 aliphatic carbocycles. The first-order valence-electron chi connectivity index (χ1n) is 9.21. The van der Waals surface area contributed by atoms with Crippen LogP contribution in [0, 0.1) is 30.3 Å². The molecule has 1 aromatic carbocycles. The van der Waals surface area contributed by atoms with Crippen molar-refractivity contribution in [3.05, 3.63) is 60.0 Å². The van der Waals surface area contributed by atoms with Gasteiger partial charge in [-0.2, -0.15) is 0 Å². The van der Waals surface area contributed by atoms with Gasteiger partial charge in [0, 0.05) is 19.0 Å². The number of aromatic hydroxyl groups is 1. The van der Waals surface area contributed by atoms with Gasteiger partial charge in [-0.15, -0.1) is 11.3 Å². The molecular weight excluding hydrogens is 446 g/mol. The van der Waals surface area contributed by atoms with E-state index in [-0.39, 0.29) is 11.9 Å². The number of nitrogens with zero attached hydrogens (tertiary/aromatic N) is 5. The second kappa shape index (κ2) is 11.7. The second-order valence-electron chi connectivity index (χ2n) is 6.78. The predicted octanol–water partition coefficient (Wildman–Crippen LogP) is 3.56. The molecule has 0 saturated carbocycles. The lowest BCUT2D eigenvalue weighted by atomic mass is 10.2. The number of rotatable bonds is 8. The summed E-state index contributed by atoms with van der Waals surface area (Å²) in [6, 6.07) is 5.09. The lowest BCUT2D eigenvalue weighted by Gasteiger charge is -2.29. The maximum atomic E-state index is 11.9. The lowest BCUT2D eigenvalue weighted by molar-refractivity contribution is -0.404. The fourth-order valence-corrected chi connectivity index (χ4v) is 3.60. The number of hydrogen-bond acceptors (Lipinski definition) is 10. The predicted molar refractivity (Wildman–Crippen MR) is 118 cm³/mol. The zero-order chi connectivity index (χ0) is 24.6. The fraction of sp³-hybridized carbons (Fsp3) is 0.389. The average Bonchev–Trinajstić information content (AvgIpc) is 3.21. The minimum Gasteiger partial charge on any atom is -0.497 e. The smallest absolute Gasteiger partial charge is 0.324 e. The summed E-state index contributed by atoms with van der Waals surface area (Å²) in [5.74, 6) is -1.02. The molecule has 1 aromatic heterocycles. The van der Waals surface area contributed by atoms with Crippen molar-refractivity contribution in [1.82, 2.24) is 4.90 Å². The van der Waals surface area contributed by atoms with Crippen molar-refractivity contribution < 1.29 is 24.7 Å². The van der Waals surface area contributed by atoms with Gasteiger partial charge in [0.05, 0.1) is 31.9 Å². The van der Waals surface area contributed by atoms with E-state index in [9.17, 15) is 35.1 Å². The number of anilines is 1. The molecule has 0 aliphatic rings. The fourth-order valence-electron chi connectivity index (χ4n) is 2.75. The molecule has 0 bridgehead atoms. The molecule has 1 N–H and O–H groups in total. The number of nitro groups is 3. The van der Waals surface area contributed by atoms with Gasteiger partial charge in [0.15, 0.2) is 0 Å². The molecule has 2 aromatic rings. The van der Waals surface area contributed by atoms with Gasteiger partial charge in [0.2, 0.25) is 5.91 Å². The summed E-state index contributed by atoms with van der Waals surface area (Å²) in [6.45, 7) is 4.88. The van der Waals surface area contributed by atoms with Crippen LogP contribution in [0.4, 0.5) is 22.1 Å². The van der Waals surface area contributed by atoms with Crippen LogP contribution in [0.1, 0.15) is 20.3 Å². The molecule has 0 radical (unpaired) electrons. The maximum absolute atomic E-state index is 11.9. The number of amides is 1. The maximum Gasteiger partial charge on any atom is 0.324 e. The van der Waals surface area contributed by atoms with Crippen LogP contribution in [0.3, 0.4) is 0 Å². The van der Waals surface area contributed by atoms with Crippen LogP contribution in [-0.2, 0) is 4.79 Å². The van der Waals surface area contributed by atoms with Crippen LogP contribution in [0.2, 0.25) is 0 Å². The van der Waals surface area contributed by atoms with Crippen LogP contribution < -0.4 is 4.90 Å². The number of phenolic OH excluding ortho intramolecular Hbond substituents is 1. The van der Waals surface area contributed by atoms with Gasteiger partial charge in [-0.05, 0) is 38.5 Å². The Hall–Kier alpha value is -3.65. The van der Waals surface area contributed by atoms with Gasteiger partial charge >= 0.3 is 11.4 Å². The number of benzene rings is 1. The van der Waals surface area contributed by atoms with Crippen LogP contribution in [-0.4, -0.2) is 57.4 Å². The molecule has 0 spiro atoms. The van der Waals surface area contributed by atoms with Gasteiger partial charge in [0.25, 0.3) is 11.4 Å². The van der Waals surface area contributed by atoms with Gasteiger partial charge in [-0.3, -0.25) is 40.0 Å². The van der Waals surface area contributed by atoms with Gasteiger partial charge in [-0.1, -0.05) is 6.92 Å². The normalized spacial score (nSPS) is 11.3. The summed E-state index contributed by atoms with van der Waals surface area (Å²) < 4.78 is 0. The van der Waals surface area contributed by atoms with Crippen LogP contribution in [0.5, 0.6) is 5.75 Å². The quantitative estimate of drug-likeness (QED) is 0.448. The highest BCUT2D eigenvalue weighted by Gasteiger charge is 2.30. The molecule has 0 fully saturated rings. The van der Waals surface area contributed by atoms with E-state index in [0.717, 1.165) is 11.5 Å². The van der Waals surface area contributed by atoms with E-state index in [0.29, 0.717) is 18.6 Å². The Bertz CT molecular complexity index is 945. The van der Waals surface area contributed by atoms with Crippen molar-refractivity contribution >= 4 is 39.3 Å². The average molecular weight is 469 g/mol. The molecule has 13 nitrogen and oxygen atoms in total. The Morgan fingerprint density at radius 1 is 1.09 bits per heavy atom. The monoisotopic (exact) mass is 469 g/mol. The van der Waals surface area contributed by atoms with Crippen molar-refractivity contribution in [3.8, 4) is 5.75 Å². The Morgan fingerprint density at radius 3 is 1.97 bits per heavy atom. The summed E-state index contributed by atoms with van der Waals surface area (Å²) in [6.07, 6.45) is 0.551. The lowest BCUT2D eigenvalue weighted by Crippen LogP contribution is -2.43. The second-order valence-corrected chi connectivity index (χ2v) is 7.71. The Balaban J connectivity index is 0.000000320. The molecule has 1 heterocycles. The number of thiophene rings is 1. The number of carbonyl (C=O) groups excluding carboxylic acids is 1. The van der Waals surface area contributed by atoms with E-state index in [1.807, 2.05) is 43.4 Å². The minimum atomic E-state index is -1.21. The summed E-state index contributed by atoms with van der Waals surface area (Å²) >= 11 is 1.62. The number of carbonyl (C=O) groups is 1. The van der Waals surface area contributed by atoms with Crippen molar-refractivity contribution in [3.63, 3.8) is 0 Å². The zero-order valence-corrected chi connectivity index (χ0v) is 18.6. The standard InChI is InChI=1S/C12H20N2OS.C6H3N3O7/c1-5-11(15)14(10(2)9-13(3)4)12-7-6-8-16-12;10-6-4(8(13)14)1-3(7(11)12)2-5(6)9(15)16/h6-8,10H,5,9H2,1-4H3;1-2,10H. The minimum absolute atomic E-state index is 0.191. The Labute approximate surface area is 186 Å². The van der Waals surface area contributed by atoms with E-state index in [2.05, 4.69) is 11.8 Å². The first kappa shape index (κ1) is 26.4. The van der Waals surface area contributed by atoms with Crippen molar-refractivity contribution in [2.75, 3.05) is 25.5 Å². The Kier molecular flexibility index (Phi) is 9.62. The molecule has 1 unspecified atom stereocenters. The number of hydrogen-bond donors (Lipinski definition) is 1. The van der Waals surface area contributed by atoms with Gasteiger partial charge < -0.3 is 10.0 Å². The molecule has 2 rings (SSSR count). The van der Waals surface area contributed by atoms with E-state index in [1.54, 1.807) is 11.3 Å². The molecule has 1 atom stereocenters. The van der Waals surface area contributed by atoms with Crippen molar-refractivity contribution in [1.29, 1.82) is 0 Å². The molecule has 0 saturated heterocycles. The molecular formula is C18H23N5O8S. The Morgan fingerprint density at radius 2 is 1.62 bits per heavy atom. The van der Waals surface area contributed by atoms with Crippen LogP contribution in [0.15, 0.2) is 29.6 Å². The number of non-ortho nitro benzene ring substituents is 1. The number of likely N-dealkylation sites (N-methyl/N-ethyl adjacent to an activating group) is 1. The highest BCUT2D eigenvalue weighted by atomic mass is 32.1. The third-order valence-corrected chi connectivity index (χ3v) is 4.91. The van der Waals surface area contributed by atoms with Crippen molar-refractivity contribution in [2.24, 2.45) is 0 Å². The molecule has 174 valence electrons. The van der Waals surface area contributed by atoms with E-state index < -0.39 is 37.6 Å². The first-order chi connectivity index (χ1) is 14.9. The first-order valence-corrected chi connectivity index (χ1v) is 10.1. The van der Waals surface area contributed by atoms with E-state index in [1.165, 1.54) is 0 Å². The van der Waals surface area contributed by atoms with Crippen LogP contribution >= 0.6 is 11.3 Å². The number of nitro benzene ring substituents is 3. The third kappa shape index (κ3) is 6.95. The largest absolute Gasteiger partial charge is 0.497 e. The third-order valence-electron chi connectivity index (χ3n) is 4.04.